The van der Waals surface area contributed by atoms with Gasteiger partial charge in [-0.05, 0) is 37.2 Å². The highest BCUT2D eigenvalue weighted by Crippen LogP contribution is 2.27. The number of halogens is 1. The minimum atomic E-state index is 0.0323. The molecule has 3 heteroatoms. The molecule has 0 fully saturated rings. The number of aryl methyl sites for hydroxylation is 1. The molecule has 1 unspecified atom stereocenters. The maximum atomic E-state index is 6.20. The second kappa shape index (κ2) is 5.30. The van der Waals surface area contributed by atoms with Crippen molar-refractivity contribution in [3.63, 3.8) is 0 Å². The molecule has 0 amide bonds. The molecule has 1 atom stereocenters. The van der Waals surface area contributed by atoms with E-state index in [2.05, 4.69) is 29.4 Å². The van der Waals surface area contributed by atoms with Crippen LogP contribution in [0.3, 0.4) is 0 Å². The number of hydrogen-bond acceptors (Lipinski definition) is 2. The number of pyridine rings is 1. The summed E-state index contributed by atoms with van der Waals surface area (Å²) in [5.74, 6) is 0. The van der Waals surface area contributed by atoms with Crippen molar-refractivity contribution in [2.45, 2.75) is 13.0 Å². The topological polar surface area (TPSA) is 24.9 Å². The highest BCUT2D eigenvalue weighted by Gasteiger charge is 2.17. The Morgan fingerprint density at radius 2 is 1.94 bits per heavy atom. The number of aromatic nitrogens is 1. The summed E-state index contributed by atoms with van der Waals surface area (Å²) in [6, 6.07) is 12.0. The van der Waals surface area contributed by atoms with Gasteiger partial charge in [-0.2, -0.15) is 0 Å². The van der Waals surface area contributed by atoms with Gasteiger partial charge < -0.3 is 5.32 Å². The maximum Gasteiger partial charge on any atom is 0.0804 e. The Morgan fingerprint density at radius 3 is 2.59 bits per heavy atom. The third-order valence-electron chi connectivity index (χ3n) is 2.85. The van der Waals surface area contributed by atoms with Crippen LogP contribution in [0.2, 0.25) is 5.02 Å². The van der Waals surface area contributed by atoms with Crippen molar-refractivity contribution in [1.29, 1.82) is 0 Å². The Morgan fingerprint density at radius 1 is 1.18 bits per heavy atom. The van der Waals surface area contributed by atoms with E-state index in [1.165, 1.54) is 11.1 Å². The lowest BCUT2D eigenvalue weighted by Crippen LogP contribution is -2.20. The lowest BCUT2D eigenvalue weighted by atomic mass is 9.98. The number of benzene rings is 1. The van der Waals surface area contributed by atoms with Crippen LogP contribution in [0.15, 0.2) is 42.6 Å². The molecule has 2 aromatic rings. The van der Waals surface area contributed by atoms with Gasteiger partial charge in [0.25, 0.3) is 0 Å². The summed E-state index contributed by atoms with van der Waals surface area (Å²) in [4.78, 5) is 4.37. The van der Waals surface area contributed by atoms with Gasteiger partial charge in [-0.25, -0.2) is 0 Å². The third-order valence-corrected chi connectivity index (χ3v) is 3.17. The fraction of sp³-hybridized carbons (Fsp3) is 0.214. The van der Waals surface area contributed by atoms with Crippen molar-refractivity contribution in [1.82, 2.24) is 10.3 Å². The predicted octanol–water partition coefficient (Wildman–Crippen LogP) is 3.35. The first kappa shape index (κ1) is 12.1. The van der Waals surface area contributed by atoms with Gasteiger partial charge in [-0.1, -0.05) is 35.9 Å². The smallest absolute Gasteiger partial charge is 0.0804 e. The molecule has 1 aromatic carbocycles. The zero-order valence-electron chi connectivity index (χ0n) is 9.94. The summed E-state index contributed by atoms with van der Waals surface area (Å²) >= 11 is 6.20. The van der Waals surface area contributed by atoms with E-state index in [4.69, 9.17) is 11.6 Å². The molecule has 17 heavy (non-hydrogen) atoms. The average molecular weight is 247 g/mol. The molecule has 0 saturated carbocycles. The van der Waals surface area contributed by atoms with Crippen molar-refractivity contribution < 1.29 is 0 Å². The first-order chi connectivity index (χ1) is 8.24. The van der Waals surface area contributed by atoms with Crippen LogP contribution in [0.4, 0.5) is 0 Å². The Hall–Kier alpha value is -1.38. The molecule has 1 N–H and O–H groups in total. The van der Waals surface area contributed by atoms with E-state index in [9.17, 15) is 0 Å². The standard InChI is InChI=1S/C14H15ClN2/c1-10-6-3-4-7-11(10)13(16-2)14-12(15)8-5-9-17-14/h3-9,13,16H,1-2H3. The minimum Gasteiger partial charge on any atom is -0.308 e. The largest absolute Gasteiger partial charge is 0.308 e. The average Bonchev–Trinajstić information content (AvgIpc) is 2.34. The quantitative estimate of drug-likeness (QED) is 0.899. The molecule has 0 spiro atoms. The Labute approximate surface area is 107 Å². The van der Waals surface area contributed by atoms with Gasteiger partial charge in [0.05, 0.1) is 16.8 Å². The van der Waals surface area contributed by atoms with E-state index in [0.29, 0.717) is 5.02 Å². The summed E-state index contributed by atoms with van der Waals surface area (Å²) in [5.41, 5.74) is 3.30. The zero-order chi connectivity index (χ0) is 12.3. The molecule has 1 heterocycles. The number of nitrogens with one attached hydrogen (secondary N) is 1. The first-order valence-electron chi connectivity index (χ1n) is 5.57. The van der Waals surface area contributed by atoms with Gasteiger partial charge in [0.2, 0.25) is 0 Å². The summed E-state index contributed by atoms with van der Waals surface area (Å²) in [7, 11) is 1.92. The first-order valence-corrected chi connectivity index (χ1v) is 5.95. The van der Waals surface area contributed by atoms with E-state index in [1.54, 1.807) is 6.20 Å². The van der Waals surface area contributed by atoms with Crippen LogP contribution in [-0.4, -0.2) is 12.0 Å². The SMILES string of the molecule is CNC(c1ccccc1C)c1ncccc1Cl. The summed E-state index contributed by atoms with van der Waals surface area (Å²) in [5, 5.41) is 3.96. The Kier molecular flexibility index (Phi) is 3.77. The second-order valence-corrected chi connectivity index (χ2v) is 4.36. The van der Waals surface area contributed by atoms with E-state index in [-0.39, 0.29) is 6.04 Å². The van der Waals surface area contributed by atoms with Gasteiger partial charge in [-0.15, -0.1) is 0 Å². The minimum absolute atomic E-state index is 0.0323. The van der Waals surface area contributed by atoms with Gasteiger partial charge >= 0.3 is 0 Å². The molecule has 0 bridgehead atoms. The number of hydrogen-bond donors (Lipinski definition) is 1. The van der Waals surface area contributed by atoms with Gasteiger partial charge in [-0.3, -0.25) is 4.98 Å². The molecular formula is C14H15ClN2. The normalized spacial score (nSPS) is 12.4. The van der Waals surface area contributed by atoms with Crippen molar-refractivity contribution in [2.75, 3.05) is 7.05 Å². The second-order valence-electron chi connectivity index (χ2n) is 3.95. The molecule has 0 aliphatic carbocycles. The predicted molar refractivity (Wildman–Crippen MR) is 71.3 cm³/mol. The third kappa shape index (κ3) is 2.48. The van der Waals surface area contributed by atoms with Crippen LogP contribution < -0.4 is 5.32 Å². The highest BCUT2D eigenvalue weighted by atomic mass is 35.5. The van der Waals surface area contributed by atoms with E-state index < -0.39 is 0 Å². The molecule has 0 aliphatic rings. The lowest BCUT2D eigenvalue weighted by Gasteiger charge is -2.19. The summed E-state index contributed by atoms with van der Waals surface area (Å²) in [6.45, 7) is 2.09. The Bertz CT molecular complexity index is 466. The van der Waals surface area contributed by atoms with Crippen LogP contribution in [-0.2, 0) is 0 Å². The monoisotopic (exact) mass is 246 g/mol. The summed E-state index contributed by atoms with van der Waals surface area (Å²) < 4.78 is 0. The van der Waals surface area contributed by atoms with Crippen molar-refractivity contribution >= 4 is 11.6 Å². The van der Waals surface area contributed by atoms with Gasteiger partial charge in [0, 0.05) is 6.20 Å². The van der Waals surface area contributed by atoms with Crippen molar-refractivity contribution in [2.24, 2.45) is 0 Å². The summed E-state index contributed by atoms with van der Waals surface area (Å²) in [6.07, 6.45) is 1.77. The maximum absolute atomic E-state index is 6.20. The molecule has 88 valence electrons. The molecule has 0 radical (unpaired) electrons. The van der Waals surface area contributed by atoms with Crippen LogP contribution in [0.25, 0.3) is 0 Å². The molecule has 2 nitrogen and oxygen atoms in total. The molecule has 2 rings (SSSR count). The van der Waals surface area contributed by atoms with Crippen LogP contribution in [0.5, 0.6) is 0 Å². The molecule has 0 aliphatic heterocycles. The van der Waals surface area contributed by atoms with Crippen molar-refractivity contribution in [3.8, 4) is 0 Å². The highest BCUT2D eigenvalue weighted by molar-refractivity contribution is 6.31. The fourth-order valence-corrected chi connectivity index (χ4v) is 2.19. The van der Waals surface area contributed by atoms with E-state index in [0.717, 1.165) is 5.69 Å². The van der Waals surface area contributed by atoms with E-state index in [1.807, 2.05) is 31.3 Å². The van der Waals surface area contributed by atoms with Crippen molar-refractivity contribution in [3.05, 3.63) is 64.4 Å². The number of nitrogens with zero attached hydrogens (tertiary/aromatic N) is 1. The van der Waals surface area contributed by atoms with Crippen LogP contribution in [0.1, 0.15) is 22.9 Å². The molecule has 1 aromatic heterocycles. The zero-order valence-corrected chi connectivity index (χ0v) is 10.7. The molecular weight excluding hydrogens is 232 g/mol. The lowest BCUT2D eigenvalue weighted by molar-refractivity contribution is 0.667. The van der Waals surface area contributed by atoms with E-state index >= 15 is 0 Å². The fourth-order valence-electron chi connectivity index (χ4n) is 1.96. The number of rotatable bonds is 3. The molecule has 0 saturated heterocycles. The van der Waals surface area contributed by atoms with Crippen LogP contribution >= 0.6 is 11.6 Å². The van der Waals surface area contributed by atoms with Crippen LogP contribution in [0, 0.1) is 6.92 Å². The van der Waals surface area contributed by atoms with Gasteiger partial charge in [0.1, 0.15) is 0 Å². The van der Waals surface area contributed by atoms with Gasteiger partial charge in [0.15, 0.2) is 0 Å². The Balaban J connectivity index is 2.48.